The van der Waals surface area contributed by atoms with Crippen molar-refractivity contribution in [1.29, 1.82) is 0 Å². The van der Waals surface area contributed by atoms with Crippen molar-refractivity contribution in [3.8, 4) is 0 Å². The average molecular weight is 229 g/mol. The third-order valence-electron chi connectivity index (χ3n) is 3.32. The molecule has 1 atom stereocenters. The molecule has 0 aliphatic heterocycles. The molecule has 0 aliphatic carbocycles. The minimum atomic E-state index is -0.500. The van der Waals surface area contributed by atoms with E-state index in [1.54, 1.807) is 0 Å². The van der Waals surface area contributed by atoms with E-state index in [0.717, 1.165) is 12.8 Å². The van der Waals surface area contributed by atoms with Gasteiger partial charge in [-0.2, -0.15) is 0 Å². The Labute approximate surface area is 99.7 Å². The van der Waals surface area contributed by atoms with Gasteiger partial charge in [-0.3, -0.25) is 4.79 Å². The van der Waals surface area contributed by atoms with Crippen LogP contribution in [0.3, 0.4) is 0 Å². The molecule has 0 aliphatic rings. The lowest BCUT2D eigenvalue weighted by atomic mass is 9.72. The highest BCUT2D eigenvalue weighted by molar-refractivity contribution is 5.77. The first kappa shape index (κ1) is 15.4. The van der Waals surface area contributed by atoms with E-state index in [1.807, 2.05) is 20.8 Å². The molecule has 0 radical (unpaired) electrons. The van der Waals surface area contributed by atoms with Crippen molar-refractivity contribution in [3.05, 3.63) is 0 Å². The number of hydrogen-bond acceptors (Lipinski definition) is 3. The van der Waals surface area contributed by atoms with Crippen molar-refractivity contribution < 1.29 is 9.53 Å². The average Bonchev–Trinajstić information content (AvgIpc) is 2.18. The molecule has 0 saturated heterocycles. The maximum atomic E-state index is 12.0. The van der Waals surface area contributed by atoms with E-state index in [-0.39, 0.29) is 11.9 Å². The first-order chi connectivity index (χ1) is 7.40. The van der Waals surface area contributed by atoms with Crippen molar-refractivity contribution in [3.63, 3.8) is 0 Å². The fourth-order valence-corrected chi connectivity index (χ4v) is 1.87. The number of hydrogen-bond donors (Lipinski definition) is 1. The molecule has 0 bridgehead atoms. The molecule has 16 heavy (non-hydrogen) atoms. The van der Waals surface area contributed by atoms with Crippen molar-refractivity contribution >= 4 is 5.97 Å². The molecule has 2 N–H and O–H groups in total. The number of carbonyl (C=O) groups is 1. The maximum Gasteiger partial charge on any atom is 0.313 e. The summed E-state index contributed by atoms with van der Waals surface area (Å²) in [5.74, 6) is 0.669. The number of esters is 1. The molecule has 0 spiro atoms. The van der Waals surface area contributed by atoms with E-state index in [0.29, 0.717) is 19.1 Å². The first-order valence-electron chi connectivity index (χ1n) is 6.28. The van der Waals surface area contributed by atoms with E-state index in [4.69, 9.17) is 10.5 Å². The summed E-state index contributed by atoms with van der Waals surface area (Å²) in [6.07, 6.45) is 1.83. The minimum absolute atomic E-state index is 0.131. The van der Waals surface area contributed by atoms with E-state index < -0.39 is 5.41 Å². The van der Waals surface area contributed by atoms with Gasteiger partial charge >= 0.3 is 5.97 Å². The van der Waals surface area contributed by atoms with Crippen molar-refractivity contribution in [2.24, 2.45) is 23.0 Å². The number of rotatable bonds is 7. The van der Waals surface area contributed by atoms with Crippen molar-refractivity contribution in [2.45, 2.75) is 47.5 Å². The normalized spacial score (nSPS) is 15.2. The third-order valence-corrected chi connectivity index (χ3v) is 3.32. The van der Waals surface area contributed by atoms with Gasteiger partial charge < -0.3 is 10.5 Å². The summed E-state index contributed by atoms with van der Waals surface area (Å²) >= 11 is 0. The lowest BCUT2D eigenvalue weighted by Gasteiger charge is -2.34. The SMILES string of the molecule is CCOC(=O)C(CN)(CCC(C)C)C(C)C. The summed E-state index contributed by atoms with van der Waals surface area (Å²) in [5.41, 5.74) is 5.33. The molecule has 96 valence electrons. The molecule has 3 heteroatoms. The van der Waals surface area contributed by atoms with Crippen LogP contribution in [0.2, 0.25) is 0 Å². The summed E-state index contributed by atoms with van der Waals surface area (Å²) in [6, 6.07) is 0. The Bertz CT molecular complexity index is 214. The predicted molar refractivity (Wildman–Crippen MR) is 67.0 cm³/mol. The van der Waals surface area contributed by atoms with E-state index in [2.05, 4.69) is 13.8 Å². The molecule has 0 amide bonds. The number of carbonyl (C=O) groups excluding carboxylic acids is 1. The zero-order chi connectivity index (χ0) is 12.8. The van der Waals surface area contributed by atoms with Crippen LogP contribution in [0, 0.1) is 17.3 Å². The van der Waals surface area contributed by atoms with Gasteiger partial charge in [0.05, 0.1) is 12.0 Å². The zero-order valence-corrected chi connectivity index (χ0v) is 11.4. The number of nitrogens with two attached hydrogens (primary N) is 1. The van der Waals surface area contributed by atoms with Gasteiger partial charge in [0.1, 0.15) is 0 Å². The standard InChI is InChI=1S/C13H27NO2/c1-6-16-12(15)13(9-14,11(4)5)8-7-10(2)3/h10-11H,6-9,14H2,1-5H3. The van der Waals surface area contributed by atoms with Gasteiger partial charge in [0, 0.05) is 6.54 Å². The summed E-state index contributed by atoms with van der Waals surface area (Å²) in [5, 5.41) is 0. The molecule has 0 aromatic heterocycles. The molecule has 0 rings (SSSR count). The van der Waals surface area contributed by atoms with Crippen LogP contribution in [0.15, 0.2) is 0 Å². The van der Waals surface area contributed by atoms with Gasteiger partial charge in [-0.25, -0.2) is 0 Å². The lowest BCUT2D eigenvalue weighted by Crippen LogP contribution is -2.44. The molecule has 0 heterocycles. The second-order valence-corrected chi connectivity index (χ2v) is 5.17. The molecule has 0 saturated carbocycles. The molecule has 3 nitrogen and oxygen atoms in total. The Morgan fingerprint density at radius 1 is 1.31 bits per heavy atom. The highest BCUT2D eigenvalue weighted by atomic mass is 16.5. The first-order valence-corrected chi connectivity index (χ1v) is 6.28. The van der Waals surface area contributed by atoms with Crippen LogP contribution in [0.4, 0.5) is 0 Å². The Morgan fingerprint density at radius 3 is 2.19 bits per heavy atom. The molecular weight excluding hydrogens is 202 g/mol. The fraction of sp³-hybridized carbons (Fsp3) is 0.923. The third kappa shape index (κ3) is 3.78. The van der Waals surface area contributed by atoms with Crippen LogP contribution >= 0.6 is 0 Å². The van der Waals surface area contributed by atoms with E-state index in [9.17, 15) is 4.79 Å². The van der Waals surface area contributed by atoms with Crippen LogP contribution in [-0.2, 0) is 9.53 Å². The van der Waals surface area contributed by atoms with Gasteiger partial charge in [0.25, 0.3) is 0 Å². The van der Waals surface area contributed by atoms with E-state index >= 15 is 0 Å². The highest BCUT2D eigenvalue weighted by Gasteiger charge is 2.41. The van der Waals surface area contributed by atoms with Gasteiger partial charge in [0.2, 0.25) is 0 Å². The smallest absolute Gasteiger partial charge is 0.313 e. The van der Waals surface area contributed by atoms with Gasteiger partial charge in [-0.15, -0.1) is 0 Å². The highest BCUT2D eigenvalue weighted by Crippen LogP contribution is 2.34. The topological polar surface area (TPSA) is 52.3 Å². The molecule has 0 aromatic rings. The van der Waals surface area contributed by atoms with Gasteiger partial charge in [0.15, 0.2) is 0 Å². The fourth-order valence-electron chi connectivity index (χ4n) is 1.87. The summed E-state index contributed by atoms with van der Waals surface area (Å²) in [6.45, 7) is 11.0. The minimum Gasteiger partial charge on any atom is -0.466 e. The van der Waals surface area contributed by atoms with Crippen molar-refractivity contribution in [1.82, 2.24) is 0 Å². The Balaban J connectivity index is 4.77. The molecular formula is C13H27NO2. The zero-order valence-electron chi connectivity index (χ0n) is 11.4. The lowest BCUT2D eigenvalue weighted by molar-refractivity contribution is -0.158. The second-order valence-electron chi connectivity index (χ2n) is 5.17. The van der Waals surface area contributed by atoms with Crippen molar-refractivity contribution in [2.75, 3.05) is 13.2 Å². The van der Waals surface area contributed by atoms with Crippen LogP contribution in [-0.4, -0.2) is 19.1 Å². The van der Waals surface area contributed by atoms with Gasteiger partial charge in [-0.1, -0.05) is 27.7 Å². The Kier molecular flexibility index (Phi) is 6.65. The van der Waals surface area contributed by atoms with Gasteiger partial charge in [-0.05, 0) is 31.6 Å². The Morgan fingerprint density at radius 2 is 1.88 bits per heavy atom. The van der Waals surface area contributed by atoms with Crippen LogP contribution in [0.5, 0.6) is 0 Å². The predicted octanol–water partition coefficient (Wildman–Crippen LogP) is 2.59. The molecule has 1 unspecified atom stereocenters. The number of ether oxygens (including phenoxy) is 1. The van der Waals surface area contributed by atoms with Crippen LogP contribution in [0.1, 0.15) is 47.5 Å². The second kappa shape index (κ2) is 6.89. The summed E-state index contributed by atoms with van der Waals surface area (Å²) < 4.78 is 5.17. The van der Waals surface area contributed by atoms with Crippen LogP contribution in [0.25, 0.3) is 0 Å². The summed E-state index contributed by atoms with van der Waals surface area (Å²) in [4.78, 5) is 12.0. The quantitative estimate of drug-likeness (QED) is 0.683. The molecule has 0 fully saturated rings. The Hall–Kier alpha value is -0.570. The van der Waals surface area contributed by atoms with Crippen LogP contribution < -0.4 is 5.73 Å². The van der Waals surface area contributed by atoms with E-state index in [1.165, 1.54) is 0 Å². The monoisotopic (exact) mass is 229 g/mol. The maximum absolute atomic E-state index is 12.0. The summed E-state index contributed by atoms with van der Waals surface area (Å²) in [7, 11) is 0. The molecule has 0 aromatic carbocycles. The largest absolute Gasteiger partial charge is 0.466 e.